The van der Waals surface area contributed by atoms with Crippen molar-refractivity contribution in [3.63, 3.8) is 0 Å². The van der Waals surface area contributed by atoms with E-state index in [2.05, 4.69) is 5.32 Å². The van der Waals surface area contributed by atoms with E-state index in [0.717, 1.165) is 23.6 Å². The first kappa shape index (κ1) is 11.9. The minimum absolute atomic E-state index is 0.0982. The van der Waals surface area contributed by atoms with Gasteiger partial charge in [0.25, 0.3) is 0 Å². The fourth-order valence-electron chi connectivity index (χ4n) is 1.99. The second kappa shape index (κ2) is 5.69. The summed E-state index contributed by atoms with van der Waals surface area (Å²) in [5.41, 5.74) is 1.90. The highest BCUT2D eigenvalue weighted by molar-refractivity contribution is 7.99. The minimum atomic E-state index is -0.0982. The third-order valence-electron chi connectivity index (χ3n) is 2.97. The monoisotopic (exact) mass is 239 g/mol. The predicted octanol–water partition coefficient (Wildman–Crippen LogP) is 2.98. The summed E-state index contributed by atoms with van der Waals surface area (Å²) in [4.78, 5) is 0. The van der Waals surface area contributed by atoms with Crippen molar-refractivity contribution in [1.29, 1.82) is 0 Å². The van der Waals surface area contributed by atoms with E-state index in [-0.39, 0.29) is 5.82 Å². The van der Waals surface area contributed by atoms with E-state index in [1.807, 2.05) is 30.8 Å². The van der Waals surface area contributed by atoms with E-state index in [1.54, 1.807) is 6.07 Å². The Hall–Kier alpha value is -0.540. The van der Waals surface area contributed by atoms with Gasteiger partial charge in [0.15, 0.2) is 0 Å². The molecule has 0 spiro atoms. The van der Waals surface area contributed by atoms with Crippen LogP contribution in [0.3, 0.4) is 0 Å². The Bertz CT molecular complexity index is 348. The molecule has 3 heteroatoms. The van der Waals surface area contributed by atoms with E-state index in [1.165, 1.54) is 17.9 Å². The summed E-state index contributed by atoms with van der Waals surface area (Å²) in [6.45, 7) is 3.66. The largest absolute Gasteiger partial charge is 0.312 e. The van der Waals surface area contributed by atoms with Gasteiger partial charge in [-0.1, -0.05) is 17.7 Å². The first-order chi connectivity index (χ1) is 7.75. The highest BCUT2D eigenvalue weighted by Crippen LogP contribution is 2.22. The molecule has 1 unspecified atom stereocenters. The summed E-state index contributed by atoms with van der Waals surface area (Å²) in [5, 5.41) is 3.36. The van der Waals surface area contributed by atoms with Crippen LogP contribution < -0.4 is 5.32 Å². The molecule has 0 bridgehead atoms. The van der Waals surface area contributed by atoms with Crippen molar-refractivity contribution in [2.45, 2.75) is 19.9 Å². The lowest BCUT2D eigenvalue weighted by atomic mass is 10.1. The van der Waals surface area contributed by atoms with Crippen molar-refractivity contribution in [3.8, 4) is 0 Å². The van der Waals surface area contributed by atoms with Gasteiger partial charge < -0.3 is 5.32 Å². The van der Waals surface area contributed by atoms with Gasteiger partial charge in [-0.25, -0.2) is 4.39 Å². The zero-order valence-corrected chi connectivity index (χ0v) is 10.4. The molecule has 1 heterocycles. The van der Waals surface area contributed by atoms with Gasteiger partial charge in [-0.3, -0.25) is 0 Å². The summed E-state index contributed by atoms with van der Waals surface area (Å²) in [6.07, 6.45) is 1.30. The molecule has 1 saturated heterocycles. The third-order valence-corrected chi connectivity index (χ3v) is 4.21. The van der Waals surface area contributed by atoms with Crippen LogP contribution in [0, 0.1) is 18.7 Å². The number of halogens is 1. The van der Waals surface area contributed by atoms with Gasteiger partial charge in [0, 0.05) is 12.1 Å². The zero-order chi connectivity index (χ0) is 11.4. The standard InChI is InChI=1S/C13H18FNS/c1-10-2-3-13(14)12(6-10)8-15-7-11-4-5-16-9-11/h2-3,6,11,15H,4-5,7-9H2,1H3. The molecule has 0 radical (unpaired) electrons. The van der Waals surface area contributed by atoms with Gasteiger partial charge in [0.1, 0.15) is 5.82 Å². The van der Waals surface area contributed by atoms with Gasteiger partial charge in [-0.2, -0.15) is 11.8 Å². The molecule has 1 N–H and O–H groups in total. The zero-order valence-electron chi connectivity index (χ0n) is 9.63. The minimum Gasteiger partial charge on any atom is -0.312 e. The highest BCUT2D eigenvalue weighted by atomic mass is 32.2. The Labute approximate surface area is 101 Å². The molecule has 1 aromatic carbocycles. The molecule has 1 aromatic rings. The van der Waals surface area contributed by atoms with Crippen LogP contribution in [-0.4, -0.2) is 18.1 Å². The SMILES string of the molecule is Cc1ccc(F)c(CNCC2CCSC2)c1. The smallest absolute Gasteiger partial charge is 0.127 e. The summed E-state index contributed by atoms with van der Waals surface area (Å²) < 4.78 is 13.4. The van der Waals surface area contributed by atoms with Gasteiger partial charge in [0.05, 0.1) is 0 Å². The molecule has 0 amide bonds. The van der Waals surface area contributed by atoms with E-state index >= 15 is 0 Å². The second-order valence-electron chi connectivity index (χ2n) is 4.46. The van der Waals surface area contributed by atoms with E-state index in [4.69, 9.17) is 0 Å². The van der Waals surface area contributed by atoms with E-state index in [0.29, 0.717) is 6.54 Å². The molecule has 1 fully saturated rings. The Kier molecular flexibility index (Phi) is 4.24. The Morgan fingerprint density at radius 3 is 3.12 bits per heavy atom. The molecule has 1 atom stereocenters. The maximum atomic E-state index is 13.4. The number of hydrogen-bond acceptors (Lipinski definition) is 2. The number of rotatable bonds is 4. The maximum Gasteiger partial charge on any atom is 0.127 e. The van der Waals surface area contributed by atoms with Gasteiger partial charge in [-0.05, 0) is 43.4 Å². The molecule has 1 aliphatic rings. The van der Waals surface area contributed by atoms with Crippen LogP contribution in [0.25, 0.3) is 0 Å². The number of thioether (sulfide) groups is 1. The van der Waals surface area contributed by atoms with Crippen molar-refractivity contribution in [2.75, 3.05) is 18.1 Å². The lowest BCUT2D eigenvalue weighted by Gasteiger charge is -2.10. The third kappa shape index (κ3) is 3.22. The average Bonchev–Trinajstić information content (AvgIpc) is 2.76. The number of hydrogen-bond donors (Lipinski definition) is 1. The van der Waals surface area contributed by atoms with Crippen LogP contribution in [0.15, 0.2) is 18.2 Å². The van der Waals surface area contributed by atoms with Gasteiger partial charge in [0.2, 0.25) is 0 Å². The molecule has 1 nitrogen and oxygen atoms in total. The molecular formula is C13H18FNS. The topological polar surface area (TPSA) is 12.0 Å². The van der Waals surface area contributed by atoms with Crippen LogP contribution in [-0.2, 0) is 6.54 Å². The molecular weight excluding hydrogens is 221 g/mol. The Balaban J connectivity index is 1.82. The first-order valence-electron chi connectivity index (χ1n) is 5.79. The molecule has 0 aliphatic carbocycles. The summed E-state index contributed by atoms with van der Waals surface area (Å²) in [5.74, 6) is 3.21. The van der Waals surface area contributed by atoms with Crippen LogP contribution in [0.1, 0.15) is 17.5 Å². The normalized spacial score (nSPS) is 20.2. The van der Waals surface area contributed by atoms with Crippen molar-refractivity contribution < 1.29 is 4.39 Å². The van der Waals surface area contributed by atoms with E-state index < -0.39 is 0 Å². The van der Waals surface area contributed by atoms with Crippen LogP contribution in [0.2, 0.25) is 0 Å². The summed E-state index contributed by atoms with van der Waals surface area (Å²) in [7, 11) is 0. The fraction of sp³-hybridized carbons (Fsp3) is 0.538. The number of benzene rings is 1. The number of nitrogens with one attached hydrogen (secondary N) is 1. The summed E-state index contributed by atoms with van der Waals surface area (Å²) >= 11 is 2.02. The lowest BCUT2D eigenvalue weighted by Crippen LogP contribution is -2.22. The molecule has 1 aliphatic heterocycles. The van der Waals surface area contributed by atoms with Crippen molar-refractivity contribution in [2.24, 2.45) is 5.92 Å². The predicted molar refractivity (Wildman–Crippen MR) is 68.3 cm³/mol. The lowest BCUT2D eigenvalue weighted by molar-refractivity contribution is 0.512. The molecule has 0 saturated carbocycles. The maximum absolute atomic E-state index is 13.4. The number of aryl methyl sites for hydroxylation is 1. The first-order valence-corrected chi connectivity index (χ1v) is 6.94. The average molecular weight is 239 g/mol. The molecule has 16 heavy (non-hydrogen) atoms. The van der Waals surface area contributed by atoms with E-state index in [9.17, 15) is 4.39 Å². The van der Waals surface area contributed by atoms with Crippen LogP contribution >= 0.6 is 11.8 Å². The highest BCUT2D eigenvalue weighted by Gasteiger charge is 2.14. The Morgan fingerprint density at radius 2 is 2.38 bits per heavy atom. The second-order valence-corrected chi connectivity index (χ2v) is 5.61. The van der Waals surface area contributed by atoms with Crippen LogP contribution in [0.5, 0.6) is 0 Å². The molecule has 0 aromatic heterocycles. The van der Waals surface area contributed by atoms with Crippen molar-refractivity contribution >= 4 is 11.8 Å². The quantitative estimate of drug-likeness (QED) is 0.867. The Morgan fingerprint density at radius 1 is 1.50 bits per heavy atom. The summed E-state index contributed by atoms with van der Waals surface area (Å²) in [6, 6.07) is 5.29. The van der Waals surface area contributed by atoms with Gasteiger partial charge in [-0.15, -0.1) is 0 Å². The van der Waals surface area contributed by atoms with Gasteiger partial charge >= 0.3 is 0 Å². The molecule has 2 rings (SSSR count). The van der Waals surface area contributed by atoms with Crippen molar-refractivity contribution in [3.05, 3.63) is 35.1 Å². The fourth-order valence-corrected chi connectivity index (χ4v) is 3.28. The van der Waals surface area contributed by atoms with Crippen molar-refractivity contribution in [1.82, 2.24) is 5.32 Å². The molecule has 88 valence electrons. The van der Waals surface area contributed by atoms with Crippen LogP contribution in [0.4, 0.5) is 4.39 Å².